The van der Waals surface area contributed by atoms with E-state index in [0.717, 1.165) is 28.8 Å². The summed E-state index contributed by atoms with van der Waals surface area (Å²) in [4.78, 5) is 24.4. The molecule has 2 amide bonds. The first kappa shape index (κ1) is 21.2. The van der Waals surface area contributed by atoms with E-state index < -0.39 is 10.8 Å². The van der Waals surface area contributed by atoms with Crippen LogP contribution >= 0.6 is 0 Å². The molecule has 0 unspecified atom stereocenters. The molecule has 2 N–H and O–H groups in total. The van der Waals surface area contributed by atoms with Crippen LogP contribution in [0.15, 0.2) is 42.5 Å². The highest BCUT2D eigenvalue weighted by Gasteiger charge is 2.21. The van der Waals surface area contributed by atoms with Crippen molar-refractivity contribution in [1.82, 2.24) is 5.32 Å². The van der Waals surface area contributed by atoms with Gasteiger partial charge in [0.05, 0.1) is 6.61 Å². The lowest BCUT2D eigenvalue weighted by molar-refractivity contribution is -0.119. The van der Waals surface area contributed by atoms with Crippen LogP contribution in [0.1, 0.15) is 28.4 Å². The Morgan fingerprint density at radius 2 is 1.72 bits per heavy atom. The van der Waals surface area contributed by atoms with E-state index in [9.17, 15) is 13.8 Å². The highest BCUT2D eigenvalue weighted by Crippen LogP contribution is 2.26. The fourth-order valence-corrected chi connectivity index (χ4v) is 4.30. The Labute approximate surface area is 173 Å². The van der Waals surface area contributed by atoms with E-state index in [1.807, 2.05) is 50.2 Å². The Bertz CT molecular complexity index is 909. The van der Waals surface area contributed by atoms with Crippen LogP contribution in [0.4, 0.5) is 5.69 Å². The summed E-state index contributed by atoms with van der Waals surface area (Å²) in [5.41, 5.74) is 4.91. The number of hydrogen-bond donors (Lipinski definition) is 2. The Morgan fingerprint density at radius 3 is 2.48 bits per heavy atom. The molecule has 0 fully saturated rings. The van der Waals surface area contributed by atoms with Crippen LogP contribution < -0.4 is 10.6 Å². The number of hydrogen-bond acceptors (Lipinski definition) is 4. The molecular weight excluding hydrogens is 388 g/mol. The lowest BCUT2D eigenvalue weighted by Crippen LogP contribution is -2.35. The van der Waals surface area contributed by atoms with Crippen LogP contribution in [0.2, 0.25) is 0 Å². The van der Waals surface area contributed by atoms with Crippen LogP contribution in [-0.2, 0) is 31.5 Å². The quantitative estimate of drug-likeness (QED) is 0.729. The lowest BCUT2D eigenvalue weighted by atomic mass is 9.97. The van der Waals surface area contributed by atoms with Gasteiger partial charge in [0, 0.05) is 23.0 Å². The van der Waals surface area contributed by atoms with E-state index in [0.29, 0.717) is 13.2 Å². The number of fused-ring (bicyclic) bond motifs is 1. The molecule has 2 aromatic rings. The standard InChI is InChI=1S/C22H26N2O4S/c1-15-6-5-7-16(2)22(15)24-21(26)14-29(27)13-20(25)23-12-19-18-9-4-3-8-17(18)10-11-28-19/h3-9,19H,10-14H2,1-2H3,(H,23,25)(H,24,26)/t19-,29+/m0/s1. The van der Waals surface area contributed by atoms with Crippen molar-refractivity contribution in [2.45, 2.75) is 26.4 Å². The van der Waals surface area contributed by atoms with E-state index >= 15 is 0 Å². The van der Waals surface area contributed by atoms with Gasteiger partial charge in [0.15, 0.2) is 0 Å². The normalized spacial score (nSPS) is 16.6. The molecule has 29 heavy (non-hydrogen) atoms. The van der Waals surface area contributed by atoms with Gasteiger partial charge in [0.2, 0.25) is 11.8 Å². The topological polar surface area (TPSA) is 84.5 Å². The van der Waals surface area contributed by atoms with Gasteiger partial charge in [-0.25, -0.2) is 0 Å². The zero-order valence-electron chi connectivity index (χ0n) is 16.7. The third-order valence-electron chi connectivity index (χ3n) is 4.91. The van der Waals surface area contributed by atoms with E-state index in [-0.39, 0.29) is 29.4 Å². The lowest BCUT2D eigenvalue weighted by Gasteiger charge is -2.26. The van der Waals surface area contributed by atoms with Gasteiger partial charge in [-0.2, -0.15) is 0 Å². The number of aryl methyl sites for hydroxylation is 2. The Hall–Kier alpha value is -2.51. The molecule has 154 valence electrons. The Morgan fingerprint density at radius 1 is 1.03 bits per heavy atom. The van der Waals surface area contributed by atoms with E-state index in [4.69, 9.17) is 4.74 Å². The molecule has 0 aliphatic carbocycles. The van der Waals surface area contributed by atoms with Gasteiger partial charge >= 0.3 is 0 Å². The number of anilines is 1. The third kappa shape index (κ3) is 5.74. The molecule has 1 heterocycles. The van der Waals surface area contributed by atoms with Crippen LogP contribution in [-0.4, -0.2) is 40.7 Å². The van der Waals surface area contributed by atoms with Crippen molar-refractivity contribution in [2.75, 3.05) is 30.0 Å². The molecule has 0 saturated carbocycles. The molecule has 0 spiro atoms. The highest BCUT2D eigenvalue weighted by molar-refractivity contribution is 7.86. The largest absolute Gasteiger partial charge is 0.371 e. The number of ether oxygens (including phenoxy) is 1. The molecule has 0 radical (unpaired) electrons. The fourth-order valence-electron chi connectivity index (χ4n) is 3.43. The van der Waals surface area contributed by atoms with Crippen molar-refractivity contribution >= 4 is 28.3 Å². The summed E-state index contributed by atoms with van der Waals surface area (Å²) in [6.45, 7) is 4.74. The molecule has 3 rings (SSSR count). The minimum absolute atomic E-state index is 0.204. The maximum atomic E-state index is 12.2. The van der Waals surface area contributed by atoms with Crippen LogP contribution in [0.25, 0.3) is 0 Å². The summed E-state index contributed by atoms with van der Waals surface area (Å²) in [6, 6.07) is 13.7. The minimum Gasteiger partial charge on any atom is -0.371 e. The first-order valence-electron chi connectivity index (χ1n) is 9.61. The van der Waals surface area contributed by atoms with Crippen molar-refractivity contribution in [3.63, 3.8) is 0 Å². The number of para-hydroxylation sites is 1. The van der Waals surface area contributed by atoms with Gasteiger partial charge in [0.25, 0.3) is 0 Å². The Balaban J connectivity index is 1.46. The van der Waals surface area contributed by atoms with Gasteiger partial charge in [-0.3, -0.25) is 13.8 Å². The average Bonchev–Trinajstić information content (AvgIpc) is 2.69. The smallest absolute Gasteiger partial charge is 0.237 e. The second-order valence-electron chi connectivity index (χ2n) is 7.16. The van der Waals surface area contributed by atoms with Gasteiger partial charge in [-0.15, -0.1) is 0 Å². The molecule has 0 saturated heterocycles. The summed E-state index contributed by atoms with van der Waals surface area (Å²) < 4.78 is 18.0. The first-order valence-corrected chi connectivity index (χ1v) is 11.1. The molecule has 1 aliphatic rings. The zero-order valence-corrected chi connectivity index (χ0v) is 17.5. The minimum atomic E-state index is -1.58. The summed E-state index contributed by atoms with van der Waals surface area (Å²) in [7, 11) is -1.58. The van der Waals surface area contributed by atoms with Crippen molar-refractivity contribution in [3.8, 4) is 0 Å². The molecule has 7 heteroatoms. The van der Waals surface area contributed by atoms with Gasteiger partial charge in [-0.1, -0.05) is 42.5 Å². The van der Waals surface area contributed by atoms with E-state index in [1.165, 1.54) is 5.56 Å². The first-order chi connectivity index (χ1) is 13.9. The molecular formula is C22H26N2O4S. The maximum absolute atomic E-state index is 12.2. The number of carbonyl (C=O) groups excluding carboxylic acids is 2. The van der Waals surface area contributed by atoms with E-state index in [1.54, 1.807) is 0 Å². The Kier molecular flexibility index (Phi) is 7.17. The molecule has 6 nitrogen and oxygen atoms in total. The number of benzene rings is 2. The summed E-state index contributed by atoms with van der Waals surface area (Å²) in [5, 5.41) is 5.57. The summed E-state index contributed by atoms with van der Waals surface area (Å²) >= 11 is 0. The second-order valence-corrected chi connectivity index (χ2v) is 8.61. The summed E-state index contributed by atoms with van der Waals surface area (Å²) in [5.74, 6) is -1.15. The van der Waals surface area contributed by atoms with Gasteiger partial charge in [0.1, 0.15) is 17.6 Å². The molecule has 0 aromatic heterocycles. The SMILES string of the molecule is Cc1cccc(C)c1NC(=O)C[S@](=O)CC(=O)NC[C@@H]1OCCc2ccccc21. The summed E-state index contributed by atoms with van der Waals surface area (Å²) in [6.07, 6.45) is 0.657. The number of amides is 2. The van der Waals surface area contributed by atoms with Crippen LogP contribution in [0, 0.1) is 13.8 Å². The van der Waals surface area contributed by atoms with Crippen molar-refractivity contribution in [2.24, 2.45) is 0 Å². The zero-order chi connectivity index (χ0) is 20.8. The van der Waals surface area contributed by atoms with Crippen molar-refractivity contribution in [3.05, 3.63) is 64.7 Å². The predicted molar refractivity (Wildman–Crippen MR) is 114 cm³/mol. The highest BCUT2D eigenvalue weighted by atomic mass is 32.2. The van der Waals surface area contributed by atoms with Gasteiger partial charge in [-0.05, 0) is 42.5 Å². The van der Waals surface area contributed by atoms with Crippen LogP contribution in [0.5, 0.6) is 0 Å². The van der Waals surface area contributed by atoms with Crippen molar-refractivity contribution < 1.29 is 18.5 Å². The fraction of sp³-hybridized carbons (Fsp3) is 0.364. The van der Waals surface area contributed by atoms with Crippen LogP contribution in [0.3, 0.4) is 0 Å². The second kappa shape index (κ2) is 9.80. The number of carbonyl (C=O) groups is 2. The van der Waals surface area contributed by atoms with E-state index in [2.05, 4.69) is 16.7 Å². The molecule has 2 atom stereocenters. The molecule has 0 bridgehead atoms. The predicted octanol–water partition coefficient (Wildman–Crippen LogP) is 2.42. The van der Waals surface area contributed by atoms with Gasteiger partial charge < -0.3 is 15.4 Å². The monoisotopic (exact) mass is 414 g/mol. The number of rotatable bonds is 7. The molecule has 2 aromatic carbocycles. The third-order valence-corrected chi connectivity index (χ3v) is 6.08. The number of nitrogens with one attached hydrogen (secondary N) is 2. The maximum Gasteiger partial charge on any atom is 0.237 e. The average molecular weight is 415 g/mol. The molecule has 1 aliphatic heterocycles. The van der Waals surface area contributed by atoms with Crippen molar-refractivity contribution in [1.29, 1.82) is 0 Å².